The van der Waals surface area contributed by atoms with Gasteiger partial charge in [0.15, 0.2) is 0 Å². The predicted molar refractivity (Wildman–Crippen MR) is 30.2 cm³/mol. The quantitative estimate of drug-likeness (QED) is 0.437. The van der Waals surface area contributed by atoms with Crippen LogP contribution in [0.2, 0.25) is 0 Å². The van der Waals surface area contributed by atoms with Crippen molar-refractivity contribution < 1.29 is 4.79 Å². The molecule has 0 bridgehead atoms. The van der Waals surface area contributed by atoms with E-state index in [4.69, 9.17) is 0 Å². The van der Waals surface area contributed by atoms with E-state index in [0.717, 1.165) is 6.54 Å². The largest absolute Gasteiger partial charge is 0.343 e. The number of nitrogens with one attached hydrogen (secondary N) is 2. The fourth-order valence-corrected chi connectivity index (χ4v) is 0.705. The van der Waals surface area contributed by atoms with Crippen molar-refractivity contribution in [2.24, 2.45) is 5.92 Å². The Labute approximate surface area is 48.5 Å². The maximum Gasteiger partial charge on any atom is 0.225 e. The number of amides is 1. The SMILES string of the molecule is C[C@@H]1CNCNC1=O. The highest BCUT2D eigenvalue weighted by Gasteiger charge is 2.14. The van der Waals surface area contributed by atoms with Gasteiger partial charge in [-0.25, -0.2) is 0 Å². The summed E-state index contributed by atoms with van der Waals surface area (Å²) in [6.45, 7) is 3.34. The van der Waals surface area contributed by atoms with Crippen LogP contribution >= 0.6 is 0 Å². The van der Waals surface area contributed by atoms with Gasteiger partial charge in [0.1, 0.15) is 0 Å². The third-order valence-electron chi connectivity index (χ3n) is 1.29. The minimum absolute atomic E-state index is 0.142. The van der Waals surface area contributed by atoms with Crippen LogP contribution in [-0.2, 0) is 4.79 Å². The molecule has 2 N–H and O–H groups in total. The topological polar surface area (TPSA) is 41.1 Å². The van der Waals surface area contributed by atoms with Crippen LogP contribution in [0.4, 0.5) is 0 Å². The second kappa shape index (κ2) is 2.13. The summed E-state index contributed by atoms with van der Waals surface area (Å²) in [5, 5.41) is 5.71. The molecule has 1 atom stereocenters. The summed E-state index contributed by atoms with van der Waals surface area (Å²) in [4.78, 5) is 10.6. The molecule has 0 spiro atoms. The van der Waals surface area contributed by atoms with Crippen molar-refractivity contribution in [3.63, 3.8) is 0 Å². The molecule has 3 heteroatoms. The fraction of sp³-hybridized carbons (Fsp3) is 0.800. The molecule has 8 heavy (non-hydrogen) atoms. The molecule has 0 aromatic rings. The average molecular weight is 114 g/mol. The van der Waals surface area contributed by atoms with Crippen molar-refractivity contribution in [3.05, 3.63) is 0 Å². The van der Waals surface area contributed by atoms with Gasteiger partial charge in [0.2, 0.25) is 5.91 Å². The summed E-state index contributed by atoms with van der Waals surface area (Å²) in [7, 11) is 0. The minimum Gasteiger partial charge on any atom is -0.343 e. The molecule has 0 saturated carbocycles. The van der Waals surface area contributed by atoms with Gasteiger partial charge in [-0.05, 0) is 0 Å². The first kappa shape index (κ1) is 5.56. The van der Waals surface area contributed by atoms with Gasteiger partial charge in [-0.3, -0.25) is 10.1 Å². The Hall–Kier alpha value is -0.570. The number of hydrogen-bond acceptors (Lipinski definition) is 2. The van der Waals surface area contributed by atoms with E-state index in [-0.39, 0.29) is 11.8 Å². The summed E-state index contributed by atoms with van der Waals surface area (Å²) >= 11 is 0. The Bertz CT molecular complexity index is 103. The Morgan fingerprint density at radius 1 is 1.75 bits per heavy atom. The Morgan fingerprint density at radius 2 is 2.50 bits per heavy atom. The molecule has 0 aliphatic carbocycles. The molecule has 1 amide bonds. The zero-order valence-electron chi connectivity index (χ0n) is 4.90. The van der Waals surface area contributed by atoms with Crippen LogP contribution in [0.25, 0.3) is 0 Å². The van der Waals surface area contributed by atoms with Gasteiger partial charge in [-0.15, -0.1) is 0 Å². The van der Waals surface area contributed by atoms with Gasteiger partial charge < -0.3 is 5.32 Å². The lowest BCUT2D eigenvalue weighted by molar-refractivity contribution is -0.125. The minimum atomic E-state index is 0.142. The molecule has 46 valence electrons. The third-order valence-corrected chi connectivity index (χ3v) is 1.29. The van der Waals surface area contributed by atoms with Crippen LogP contribution in [0.15, 0.2) is 0 Å². The summed E-state index contributed by atoms with van der Waals surface area (Å²) in [6.07, 6.45) is 0. The molecular formula is C5H10N2O. The lowest BCUT2D eigenvalue weighted by Gasteiger charge is -2.18. The normalized spacial score (nSPS) is 29.6. The van der Waals surface area contributed by atoms with E-state index >= 15 is 0 Å². The molecule has 1 aliphatic heterocycles. The van der Waals surface area contributed by atoms with E-state index in [0.29, 0.717) is 6.67 Å². The van der Waals surface area contributed by atoms with Crippen molar-refractivity contribution in [2.45, 2.75) is 6.92 Å². The first-order valence-corrected chi connectivity index (χ1v) is 2.79. The van der Waals surface area contributed by atoms with Crippen molar-refractivity contribution in [1.29, 1.82) is 0 Å². The van der Waals surface area contributed by atoms with Crippen LogP contribution in [-0.4, -0.2) is 19.1 Å². The van der Waals surface area contributed by atoms with Crippen LogP contribution in [0.5, 0.6) is 0 Å². The molecule has 0 aromatic carbocycles. The molecule has 1 aliphatic rings. The zero-order chi connectivity index (χ0) is 5.98. The molecular weight excluding hydrogens is 104 g/mol. The summed E-state index contributed by atoms with van der Waals surface area (Å²) in [5.41, 5.74) is 0. The highest BCUT2D eigenvalue weighted by molar-refractivity contribution is 5.79. The van der Waals surface area contributed by atoms with Gasteiger partial charge in [0.25, 0.3) is 0 Å². The summed E-state index contributed by atoms with van der Waals surface area (Å²) < 4.78 is 0. The van der Waals surface area contributed by atoms with Crippen molar-refractivity contribution in [3.8, 4) is 0 Å². The fourth-order valence-electron chi connectivity index (χ4n) is 0.705. The van der Waals surface area contributed by atoms with Crippen LogP contribution in [0.1, 0.15) is 6.92 Å². The van der Waals surface area contributed by atoms with Crippen LogP contribution in [0, 0.1) is 5.92 Å². The van der Waals surface area contributed by atoms with E-state index < -0.39 is 0 Å². The van der Waals surface area contributed by atoms with Gasteiger partial charge >= 0.3 is 0 Å². The second-order valence-corrected chi connectivity index (χ2v) is 2.07. The Kier molecular flexibility index (Phi) is 1.48. The number of carbonyl (C=O) groups excluding carboxylic acids is 1. The maximum absolute atomic E-state index is 10.6. The lowest BCUT2D eigenvalue weighted by atomic mass is 10.1. The highest BCUT2D eigenvalue weighted by Crippen LogP contribution is 1.93. The molecule has 1 fully saturated rings. The van der Waals surface area contributed by atoms with Crippen molar-refractivity contribution in [2.75, 3.05) is 13.2 Å². The molecule has 0 unspecified atom stereocenters. The van der Waals surface area contributed by atoms with E-state index in [1.807, 2.05) is 6.92 Å². The first-order chi connectivity index (χ1) is 3.80. The van der Waals surface area contributed by atoms with E-state index in [2.05, 4.69) is 10.6 Å². The average Bonchev–Trinajstić information content (AvgIpc) is 1.77. The molecule has 0 radical (unpaired) electrons. The number of carbonyl (C=O) groups is 1. The smallest absolute Gasteiger partial charge is 0.225 e. The lowest BCUT2D eigenvalue weighted by Crippen LogP contribution is -2.47. The summed E-state index contributed by atoms with van der Waals surface area (Å²) in [5.74, 6) is 0.299. The third kappa shape index (κ3) is 0.980. The van der Waals surface area contributed by atoms with E-state index in [1.165, 1.54) is 0 Å². The number of rotatable bonds is 0. The van der Waals surface area contributed by atoms with Crippen molar-refractivity contribution >= 4 is 5.91 Å². The molecule has 3 nitrogen and oxygen atoms in total. The van der Waals surface area contributed by atoms with Gasteiger partial charge in [-0.1, -0.05) is 6.92 Å². The molecule has 1 saturated heterocycles. The predicted octanol–water partition coefficient (Wildman–Crippen LogP) is -0.701. The highest BCUT2D eigenvalue weighted by atomic mass is 16.2. The number of hydrogen-bond donors (Lipinski definition) is 2. The monoisotopic (exact) mass is 114 g/mol. The van der Waals surface area contributed by atoms with Crippen LogP contribution in [0.3, 0.4) is 0 Å². The summed E-state index contributed by atoms with van der Waals surface area (Å²) in [6, 6.07) is 0. The molecule has 1 rings (SSSR count). The standard InChI is InChI=1S/C5H10N2O/c1-4-2-6-3-7-5(4)8/h4,6H,2-3H2,1H3,(H,7,8)/t4-/m1/s1. The maximum atomic E-state index is 10.6. The Balaban J connectivity index is 2.39. The van der Waals surface area contributed by atoms with Gasteiger partial charge in [0, 0.05) is 12.5 Å². The molecule has 1 heterocycles. The zero-order valence-corrected chi connectivity index (χ0v) is 4.90. The molecule has 0 aromatic heterocycles. The van der Waals surface area contributed by atoms with Crippen molar-refractivity contribution in [1.82, 2.24) is 10.6 Å². The van der Waals surface area contributed by atoms with Gasteiger partial charge in [-0.2, -0.15) is 0 Å². The van der Waals surface area contributed by atoms with E-state index in [9.17, 15) is 4.79 Å². The van der Waals surface area contributed by atoms with E-state index in [1.54, 1.807) is 0 Å². The first-order valence-electron chi connectivity index (χ1n) is 2.79. The second-order valence-electron chi connectivity index (χ2n) is 2.07. The Morgan fingerprint density at radius 3 is 2.88 bits per heavy atom. The van der Waals surface area contributed by atoms with Gasteiger partial charge in [0.05, 0.1) is 6.67 Å². The van der Waals surface area contributed by atoms with Crippen LogP contribution < -0.4 is 10.6 Å².